The smallest absolute Gasteiger partial charge is 0.412 e. The lowest BCUT2D eigenvalue weighted by molar-refractivity contribution is 0.0635. The number of rotatable bonds is 6. The molecular weight excluding hydrogens is 378 g/mol. The normalized spacial score (nSPS) is 15.4. The molecule has 0 saturated carbocycles. The summed E-state index contributed by atoms with van der Waals surface area (Å²) in [6.45, 7) is 8.04. The van der Waals surface area contributed by atoms with Crippen LogP contribution in [0.25, 0.3) is 0 Å². The van der Waals surface area contributed by atoms with Crippen molar-refractivity contribution in [1.82, 2.24) is 10.2 Å². The maximum Gasteiger partial charge on any atom is 0.412 e. The minimum Gasteiger partial charge on any atom is -0.444 e. The minimum absolute atomic E-state index is 0.153. The van der Waals surface area contributed by atoms with E-state index in [0.29, 0.717) is 17.8 Å². The van der Waals surface area contributed by atoms with E-state index in [1.165, 1.54) is 18.4 Å². The number of hydrogen-bond donors (Lipinski definition) is 2. The predicted octanol–water partition coefficient (Wildman–Crippen LogP) is 4.60. The first-order valence-electron chi connectivity index (χ1n) is 10.5. The maximum atomic E-state index is 12.8. The summed E-state index contributed by atoms with van der Waals surface area (Å²) in [6.07, 6.45) is 1.84. The largest absolute Gasteiger partial charge is 0.444 e. The highest BCUT2D eigenvalue weighted by atomic mass is 16.6. The zero-order chi connectivity index (χ0) is 21.6. The van der Waals surface area contributed by atoms with Crippen molar-refractivity contribution in [2.75, 3.05) is 25.0 Å². The van der Waals surface area contributed by atoms with Gasteiger partial charge in [0.15, 0.2) is 0 Å². The molecule has 6 heteroatoms. The Balaban J connectivity index is 1.64. The number of amides is 2. The summed E-state index contributed by atoms with van der Waals surface area (Å²) in [5.74, 6) is -0.164. The van der Waals surface area contributed by atoms with Gasteiger partial charge in [-0.1, -0.05) is 36.4 Å². The topological polar surface area (TPSA) is 70.7 Å². The Bertz CT molecular complexity index is 855. The zero-order valence-electron chi connectivity index (χ0n) is 18.0. The first kappa shape index (κ1) is 21.8. The van der Waals surface area contributed by atoms with E-state index in [1.54, 1.807) is 45.0 Å². The van der Waals surface area contributed by atoms with Crippen LogP contribution in [0.1, 0.15) is 55.6 Å². The van der Waals surface area contributed by atoms with Gasteiger partial charge in [0.1, 0.15) is 5.60 Å². The van der Waals surface area contributed by atoms with Gasteiger partial charge in [-0.15, -0.1) is 0 Å². The van der Waals surface area contributed by atoms with Gasteiger partial charge in [0.2, 0.25) is 0 Å². The molecule has 0 radical (unpaired) electrons. The van der Waals surface area contributed by atoms with E-state index in [4.69, 9.17) is 4.74 Å². The second kappa shape index (κ2) is 9.76. The van der Waals surface area contributed by atoms with Crippen LogP contribution in [-0.2, 0) is 4.74 Å². The number of nitrogens with zero attached hydrogens (tertiary/aromatic N) is 1. The highest BCUT2D eigenvalue weighted by molar-refractivity contribution is 5.96. The number of benzene rings is 2. The number of hydrogen-bond acceptors (Lipinski definition) is 4. The second-order valence-electron chi connectivity index (χ2n) is 8.59. The molecule has 1 saturated heterocycles. The van der Waals surface area contributed by atoms with Crippen molar-refractivity contribution >= 4 is 17.7 Å². The van der Waals surface area contributed by atoms with Crippen molar-refractivity contribution in [2.24, 2.45) is 0 Å². The van der Waals surface area contributed by atoms with Gasteiger partial charge in [-0.2, -0.15) is 0 Å². The average molecular weight is 410 g/mol. The molecule has 6 nitrogen and oxygen atoms in total. The first-order chi connectivity index (χ1) is 14.3. The summed E-state index contributed by atoms with van der Waals surface area (Å²) in [5, 5.41) is 5.75. The SMILES string of the molecule is CC(C)(C)OC(=O)Nc1cccc(C(=O)NC[C@H](c2ccccc2)N2CCCC2)c1. The number of anilines is 1. The summed E-state index contributed by atoms with van der Waals surface area (Å²) in [6, 6.07) is 17.3. The molecule has 1 aliphatic rings. The quantitative estimate of drug-likeness (QED) is 0.731. The molecule has 3 rings (SSSR count). The highest BCUT2D eigenvalue weighted by Gasteiger charge is 2.24. The lowest BCUT2D eigenvalue weighted by Crippen LogP contribution is -2.36. The summed E-state index contributed by atoms with van der Waals surface area (Å²) < 4.78 is 5.27. The van der Waals surface area contributed by atoms with Crippen molar-refractivity contribution in [1.29, 1.82) is 0 Å². The zero-order valence-corrected chi connectivity index (χ0v) is 18.0. The van der Waals surface area contributed by atoms with Gasteiger partial charge in [0, 0.05) is 17.8 Å². The average Bonchev–Trinajstić information content (AvgIpc) is 3.22. The lowest BCUT2D eigenvalue weighted by atomic mass is 10.1. The third-order valence-electron chi connectivity index (χ3n) is 4.99. The summed E-state index contributed by atoms with van der Waals surface area (Å²) in [4.78, 5) is 27.2. The monoisotopic (exact) mass is 409 g/mol. The molecule has 2 N–H and O–H groups in total. The molecule has 0 unspecified atom stereocenters. The van der Waals surface area contributed by atoms with Crippen molar-refractivity contribution < 1.29 is 14.3 Å². The van der Waals surface area contributed by atoms with Crippen LogP contribution >= 0.6 is 0 Å². The van der Waals surface area contributed by atoms with Crippen molar-refractivity contribution in [3.8, 4) is 0 Å². The Hall–Kier alpha value is -2.86. The fourth-order valence-electron chi connectivity index (χ4n) is 3.64. The van der Waals surface area contributed by atoms with Gasteiger partial charge in [-0.25, -0.2) is 4.79 Å². The molecule has 2 aromatic carbocycles. The molecular formula is C24H31N3O3. The number of carbonyl (C=O) groups is 2. The van der Waals surface area contributed by atoms with Gasteiger partial charge in [0.25, 0.3) is 5.91 Å². The van der Waals surface area contributed by atoms with Crippen LogP contribution < -0.4 is 10.6 Å². The lowest BCUT2D eigenvalue weighted by Gasteiger charge is -2.28. The Kier molecular flexibility index (Phi) is 7.11. The second-order valence-corrected chi connectivity index (χ2v) is 8.59. The van der Waals surface area contributed by atoms with E-state index in [9.17, 15) is 9.59 Å². The molecule has 1 atom stereocenters. The van der Waals surface area contributed by atoms with Crippen molar-refractivity contribution in [3.05, 3.63) is 65.7 Å². The Morgan fingerprint density at radius 1 is 1.03 bits per heavy atom. The Morgan fingerprint density at radius 3 is 2.40 bits per heavy atom. The molecule has 1 aliphatic heterocycles. The van der Waals surface area contributed by atoms with Gasteiger partial charge in [-0.3, -0.25) is 15.0 Å². The molecule has 160 valence electrons. The minimum atomic E-state index is -0.582. The number of likely N-dealkylation sites (tertiary alicyclic amines) is 1. The fourth-order valence-corrected chi connectivity index (χ4v) is 3.64. The maximum absolute atomic E-state index is 12.8. The molecule has 0 spiro atoms. The Morgan fingerprint density at radius 2 is 1.73 bits per heavy atom. The van der Waals surface area contributed by atoms with Gasteiger partial charge < -0.3 is 10.1 Å². The van der Waals surface area contributed by atoms with Crippen LogP contribution in [0.2, 0.25) is 0 Å². The fraction of sp³-hybridized carbons (Fsp3) is 0.417. The number of ether oxygens (including phenoxy) is 1. The summed E-state index contributed by atoms with van der Waals surface area (Å²) in [7, 11) is 0. The Labute approximate surface area is 178 Å². The molecule has 30 heavy (non-hydrogen) atoms. The summed E-state index contributed by atoms with van der Waals surface area (Å²) in [5.41, 5.74) is 1.65. The van der Waals surface area contributed by atoms with Crippen molar-refractivity contribution in [2.45, 2.75) is 45.3 Å². The first-order valence-corrected chi connectivity index (χ1v) is 10.5. The van der Waals surface area contributed by atoms with E-state index in [0.717, 1.165) is 13.1 Å². The molecule has 2 aromatic rings. The van der Waals surface area contributed by atoms with E-state index in [-0.39, 0.29) is 11.9 Å². The van der Waals surface area contributed by atoms with Gasteiger partial charge in [-0.05, 0) is 70.5 Å². The van der Waals surface area contributed by atoms with Crippen LogP contribution in [-0.4, -0.2) is 42.1 Å². The summed E-state index contributed by atoms with van der Waals surface area (Å²) >= 11 is 0. The highest BCUT2D eigenvalue weighted by Crippen LogP contribution is 2.24. The van der Waals surface area contributed by atoms with Crippen LogP contribution in [0.4, 0.5) is 10.5 Å². The molecule has 0 aliphatic carbocycles. The standard InChI is InChI=1S/C24H31N3O3/c1-24(2,3)30-23(29)26-20-13-9-12-19(16-20)22(28)25-17-21(27-14-7-8-15-27)18-10-5-4-6-11-18/h4-6,9-13,16,21H,7-8,14-15,17H2,1-3H3,(H,25,28)(H,26,29)/t21-/m1/s1. The number of nitrogens with one attached hydrogen (secondary N) is 2. The molecule has 0 bridgehead atoms. The third kappa shape index (κ3) is 6.32. The van der Waals surface area contributed by atoms with Crippen LogP contribution in [0, 0.1) is 0 Å². The van der Waals surface area contributed by atoms with Gasteiger partial charge >= 0.3 is 6.09 Å². The van der Waals surface area contributed by atoms with Crippen molar-refractivity contribution in [3.63, 3.8) is 0 Å². The predicted molar refractivity (Wildman–Crippen MR) is 119 cm³/mol. The van der Waals surface area contributed by atoms with Crippen LogP contribution in [0.5, 0.6) is 0 Å². The third-order valence-corrected chi connectivity index (χ3v) is 4.99. The molecule has 1 fully saturated rings. The van der Waals surface area contributed by atoms with E-state index in [2.05, 4.69) is 27.7 Å². The molecule has 1 heterocycles. The van der Waals surface area contributed by atoms with E-state index >= 15 is 0 Å². The van der Waals surface area contributed by atoms with Gasteiger partial charge in [0.05, 0.1) is 6.04 Å². The van der Waals surface area contributed by atoms with Crippen LogP contribution in [0.3, 0.4) is 0 Å². The molecule has 2 amide bonds. The van der Waals surface area contributed by atoms with Crippen LogP contribution in [0.15, 0.2) is 54.6 Å². The molecule has 0 aromatic heterocycles. The number of carbonyl (C=O) groups excluding carboxylic acids is 2. The van der Waals surface area contributed by atoms with E-state index in [1.807, 2.05) is 18.2 Å². The van der Waals surface area contributed by atoms with E-state index < -0.39 is 11.7 Å².